The normalized spacial score (nSPS) is 15.2. The summed E-state index contributed by atoms with van der Waals surface area (Å²) in [4.78, 5) is 2.45. The fourth-order valence-corrected chi connectivity index (χ4v) is 4.87. The SMILES string of the molecule is CCN/C=C/c1ccc(CN(CC)c2cc(OC)ccc2[C@@H]2CCc3cc(O)ccc3C2)cc1. The van der Waals surface area contributed by atoms with Gasteiger partial charge in [-0.15, -0.1) is 0 Å². The average molecular weight is 457 g/mol. The summed E-state index contributed by atoms with van der Waals surface area (Å²) in [5.41, 5.74) is 7.75. The largest absolute Gasteiger partial charge is 0.508 e. The lowest BCUT2D eigenvalue weighted by Crippen LogP contribution is -2.25. The first-order valence-electron chi connectivity index (χ1n) is 12.3. The van der Waals surface area contributed by atoms with Crippen LogP contribution in [0.3, 0.4) is 0 Å². The molecule has 0 saturated carbocycles. The number of hydrogen-bond acceptors (Lipinski definition) is 4. The van der Waals surface area contributed by atoms with Gasteiger partial charge in [-0.05, 0) is 97.3 Å². The maximum absolute atomic E-state index is 9.86. The van der Waals surface area contributed by atoms with E-state index in [1.807, 2.05) is 18.3 Å². The van der Waals surface area contributed by atoms with E-state index in [1.54, 1.807) is 7.11 Å². The number of ether oxygens (including phenoxy) is 1. The predicted molar refractivity (Wildman–Crippen MR) is 142 cm³/mol. The highest BCUT2D eigenvalue weighted by atomic mass is 16.5. The van der Waals surface area contributed by atoms with Crippen molar-refractivity contribution in [2.45, 2.75) is 45.6 Å². The van der Waals surface area contributed by atoms with Gasteiger partial charge in [-0.3, -0.25) is 0 Å². The molecule has 34 heavy (non-hydrogen) atoms. The van der Waals surface area contributed by atoms with E-state index in [9.17, 15) is 5.11 Å². The number of hydrogen-bond donors (Lipinski definition) is 2. The van der Waals surface area contributed by atoms with Crippen LogP contribution in [0, 0.1) is 0 Å². The second-order valence-electron chi connectivity index (χ2n) is 8.96. The number of benzene rings is 3. The highest BCUT2D eigenvalue weighted by Crippen LogP contribution is 2.40. The number of rotatable bonds is 9. The molecule has 178 valence electrons. The van der Waals surface area contributed by atoms with Crippen LogP contribution in [0.25, 0.3) is 6.08 Å². The van der Waals surface area contributed by atoms with Crippen molar-refractivity contribution in [2.24, 2.45) is 0 Å². The maximum atomic E-state index is 9.86. The van der Waals surface area contributed by atoms with Crippen LogP contribution >= 0.6 is 0 Å². The summed E-state index contributed by atoms with van der Waals surface area (Å²) in [6, 6.07) is 21.2. The molecule has 0 spiro atoms. The van der Waals surface area contributed by atoms with Crippen molar-refractivity contribution in [3.63, 3.8) is 0 Å². The molecule has 0 saturated heterocycles. The van der Waals surface area contributed by atoms with Gasteiger partial charge in [0, 0.05) is 31.4 Å². The first kappa shape index (κ1) is 23.7. The summed E-state index contributed by atoms with van der Waals surface area (Å²) in [6.45, 7) is 7.01. The summed E-state index contributed by atoms with van der Waals surface area (Å²) in [7, 11) is 1.73. The van der Waals surface area contributed by atoms with Crippen LogP contribution < -0.4 is 15.0 Å². The summed E-state index contributed by atoms with van der Waals surface area (Å²) in [5, 5.41) is 13.1. The Hall–Kier alpha value is -3.40. The highest BCUT2D eigenvalue weighted by molar-refractivity contribution is 5.60. The van der Waals surface area contributed by atoms with E-state index in [2.05, 4.69) is 78.7 Å². The van der Waals surface area contributed by atoms with E-state index in [0.717, 1.165) is 44.6 Å². The number of nitrogens with zero attached hydrogens (tertiary/aromatic N) is 1. The number of aryl methyl sites for hydroxylation is 1. The first-order valence-corrected chi connectivity index (χ1v) is 12.3. The van der Waals surface area contributed by atoms with Crippen LogP contribution in [-0.4, -0.2) is 25.3 Å². The molecule has 3 aromatic rings. The van der Waals surface area contributed by atoms with Crippen LogP contribution in [0.5, 0.6) is 11.5 Å². The third kappa shape index (κ3) is 5.56. The van der Waals surface area contributed by atoms with Crippen LogP contribution in [0.15, 0.2) is 66.9 Å². The molecular formula is C30H36N2O2. The Labute approximate surface area is 203 Å². The lowest BCUT2D eigenvalue weighted by molar-refractivity contribution is 0.414. The third-order valence-corrected chi connectivity index (χ3v) is 6.77. The van der Waals surface area contributed by atoms with Crippen molar-refractivity contribution >= 4 is 11.8 Å². The quantitative estimate of drug-likeness (QED) is 0.398. The molecule has 0 bridgehead atoms. The Kier molecular flexibility index (Phi) is 7.79. The van der Waals surface area contributed by atoms with E-state index >= 15 is 0 Å². The molecule has 2 N–H and O–H groups in total. The number of nitrogens with one attached hydrogen (secondary N) is 1. The smallest absolute Gasteiger partial charge is 0.120 e. The average Bonchev–Trinajstić information content (AvgIpc) is 2.87. The molecule has 4 heteroatoms. The molecule has 4 nitrogen and oxygen atoms in total. The second-order valence-corrected chi connectivity index (χ2v) is 8.96. The Morgan fingerprint density at radius 2 is 1.85 bits per heavy atom. The number of aromatic hydroxyl groups is 1. The van der Waals surface area contributed by atoms with Gasteiger partial charge in [0.25, 0.3) is 0 Å². The van der Waals surface area contributed by atoms with E-state index in [4.69, 9.17) is 4.74 Å². The second kappa shape index (κ2) is 11.1. The topological polar surface area (TPSA) is 44.7 Å². The molecule has 0 amide bonds. The predicted octanol–water partition coefficient (Wildman–Crippen LogP) is 6.28. The van der Waals surface area contributed by atoms with E-state index < -0.39 is 0 Å². The minimum Gasteiger partial charge on any atom is -0.508 e. The molecular weight excluding hydrogens is 420 g/mol. The molecule has 0 unspecified atom stereocenters. The zero-order chi connectivity index (χ0) is 23.9. The minimum absolute atomic E-state index is 0.364. The zero-order valence-corrected chi connectivity index (χ0v) is 20.6. The number of methoxy groups -OCH3 is 1. The Bertz CT molecular complexity index is 1120. The number of anilines is 1. The molecule has 1 aliphatic carbocycles. The molecule has 0 aromatic heterocycles. The van der Waals surface area contributed by atoms with Gasteiger partial charge in [0.15, 0.2) is 0 Å². The molecule has 0 heterocycles. The van der Waals surface area contributed by atoms with Crippen molar-refractivity contribution in [1.29, 1.82) is 0 Å². The lowest BCUT2D eigenvalue weighted by atomic mass is 9.79. The number of phenols is 1. The van der Waals surface area contributed by atoms with Crippen molar-refractivity contribution in [2.75, 3.05) is 25.1 Å². The van der Waals surface area contributed by atoms with Gasteiger partial charge < -0.3 is 20.1 Å². The molecule has 1 aliphatic rings. The van der Waals surface area contributed by atoms with Crippen LogP contribution in [0.1, 0.15) is 54.0 Å². The van der Waals surface area contributed by atoms with Gasteiger partial charge >= 0.3 is 0 Å². The van der Waals surface area contributed by atoms with Gasteiger partial charge in [0.05, 0.1) is 7.11 Å². The van der Waals surface area contributed by atoms with E-state index in [0.29, 0.717) is 11.7 Å². The Morgan fingerprint density at radius 3 is 2.59 bits per heavy atom. The van der Waals surface area contributed by atoms with Crippen molar-refractivity contribution in [3.8, 4) is 11.5 Å². The van der Waals surface area contributed by atoms with Gasteiger partial charge in [0.1, 0.15) is 11.5 Å². The molecule has 0 fully saturated rings. The molecule has 0 aliphatic heterocycles. The van der Waals surface area contributed by atoms with Crippen molar-refractivity contribution in [3.05, 3.63) is 94.7 Å². The highest BCUT2D eigenvalue weighted by Gasteiger charge is 2.24. The number of phenolic OH excluding ortho intramolecular Hbond substituents is 1. The van der Waals surface area contributed by atoms with Crippen LogP contribution in [-0.2, 0) is 19.4 Å². The zero-order valence-electron chi connectivity index (χ0n) is 20.6. The Morgan fingerprint density at radius 1 is 1.03 bits per heavy atom. The molecule has 1 atom stereocenters. The van der Waals surface area contributed by atoms with E-state index in [1.165, 1.54) is 33.5 Å². The monoisotopic (exact) mass is 456 g/mol. The summed E-state index contributed by atoms with van der Waals surface area (Å²) >= 11 is 0. The first-order chi connectivity index (χ1) is 16.6. The molecule has 0 radical (unpaired) electrons. The Balaban J connectivity index is 1.58. The standard InChI is InChI=1S/C30H36N2O2/c1-4-31-17-16-22-6-8-23(9-7-22)21-32(5-2)30-20-28(34-3)14-15-29(30)26-11-10-25-19-27(33)13-12-24(25)18-26/h6-9,12-17,19-20,26,31,33H,4-5,10-11,18,21H2,1-3H3/b17-16+/t26-/m1/s1. The minimum atomic E-state index is 0.364. The maximum Gasteiger partial charge on any atom is 0.120 e. The fourth-order valence-electron chi connectivity index (χ4n) is 4.87. The number of fused-ring (bicyclic) bond motifs is 1. The van der Waals surface area contributed by atoms with Gasteiger partial charge in [0.2, 0.25) is 0 Å². The van der Waals surface area contributed by atoms with Gasteiger partial charge in [-0.1, -0.05) is 36.4 Å². The summed E-state index contributed by atoms with van der Waals surface area (Å²) in [6.07, 6.45) is 7.18. The van der Waals surface area contributed by atoms with Crippen LogP contribution in [0.4, 0.5) is 5.69 Å². The molecule has 4 rings (SSSR count). The van der Waals surface area contributed by atoms with Gasteiger partial charge in [-0.2, -0.15) is 0 Å². The lowest BCUT2D eigenvalue weighted by Gasteiger charge is -2.32. The fraction of sp³-hybridized carbons (Fsp3) is 0.333. The van der Waals surface area contributed by atoms with Crippen molar-refractivity contribution < 1.29 is 9.84 Å². The summed E-state index contributed by atoms with van der Waals surface area (Å²) < 4.78 is 5.61. The van der Waals surface area contributed by atoms with Crippen LogP contribution in [0.2, 0.25) is 0 Å². The van der Waals surface area contributed by atoms with Gasteiger partial charge in [-0.25, -0.2) is 0 Å². The third-order valence-electron chi connectivity index (χ3n) is 6.77. The van der Waals surface area contributed by atoms with Crippen molar-refractivity contribution in [1.82, 2.24) is 5.32 Å². The molecule has 3 aromatic carbocycles. The van der Waals surface area contributed by atoms with E-state index in [-0.39, 0.29) is 0 Å². The summed E-state index contributed by atoms with van der Waals surface area (Å²) in [5.74, 6) is 1.70.